The Balaban J connectivity index is 1.36. The molecule has 1 aromatic rings. The number of ether oxygens (including phenoxy) is 1. The molecule has 1 aromatic carbocycles. The molecule has 2 N–H and O–H groups in total. The summed E-state index contributed by atoms with van der Waals surface area (Å²) in [6.45, 7) is 2.48. The molecular weight excluding hydrogens is 284 g/mol. The topological polar surface area (TPSA) is 38.5 Å². The van der Waals surface area contributed by atoms with Crippen molar-refractivity contribution in [2.75, 3.05) is 13.1 Å². The van der Waals surface area contributed by atoms with Crippen LogP contribution in [0, 0.1) is 0 Å². The van der Waals surface area contributed by atoms with Crippen LogP contribution in [-0.4, -0.2) is 36.2 Å². The highest BCUT2D eigenvalue weighted by Gasteiger charge is 2.30. The summed E-state index contributed by atoms with van der Waals surface area (Å²) >= 11 is 0. The second-order valence-corrected chi connectivity index (χ2v) is 7.73. The smallest absolute Gasteiger partial charge is 0.123 e. The standard InChI is InChI=1S/C20H30N2O/c21-16-5-7-17(8-6-16)22-13-11-15(12-14-22)19-3-1-2-4-20(19)23-18-9-10-18/h1-4,15-18H,5-14,21H2. The van der Waals surface area contributed by atoms with Gasteiger partial charge in [-0.15, -0.1) is 0 Å². The molecule has 0 radical (unpaired) electrons. The molecule has 0 bridgehead atoms. The first kappa shape index (κ1) is 15.5. The van der Waals surface area contributed by atoms with Gasteiger partial charge in [0.25, 0.3) is 0 Å². The van der Waals surface area contributed by atoms with Crippen molar-refractivity contribution in [3.8, 4) is 5.75 Å². The van der Waals surface area contributed by atoms with Crippen molar-refractivity contribution in [3.05, 3.63) is 29.8 Å². The Morgan fingerprint density at radius 1 is 0.870 bits per heavy atom. The lowest BCUT2D eigenvalue weighted by molar-refractivity contribution is 0.117. The molecule has 0 amide bonds. The summed E-state index contributed by atoms with van der Waals surface area (Å²) in [4.78, 5) is 2.73. The Morgan fingerprint density at radius 3 is 2.26 bits per heavy atom. The molecule has 1 heterocycles. The van der Waals surface area contributed by atoms with Gasteiger partial charge in [0.05, 0.1) is 6.10 Å². The van der Waals surface area contributed by atoms with E-state index in [1.54, 1.807) is 0 Å². The lowest BCUT2D eigenvalue weighted by Gasteiger charge is -2.40. The first-order chi connectivity index (χ1) is 11.3. The van der Waals surface area contributed by atoms with Crippen molar-refractivity contribution in [2.45, 2.75) is 75.5 Å². The molecule has 0 aromatic heterocycles. The van der Waals surface area contributed by atoms with Gasteiger partial charge in [0, 0.05) is 12.1 Å². The van der Waals surface area contributed by atoms with Crippen LogP contribution in [0.3, 0.4) is 0 Å². The molecule has 0 spiro atoms. The number of benzene rings is 1. The maximum absolute atomic E-state index is 6.14. The van der Waals surface area contributed by atoms with E-state index in [1.807, 2.05) is 0 Å². The Morgan fingerprint density at radius 2 is 1.57 bits per heavy atom. The third-order valence-corrected chi connectivity index (χ3v) is 5.96. The van der Waals surface area contributed by atoms with Gasteiger partial charge < -0.3 is 15.4 Å². The van der Waals surface area contributed by atoms with E-state index < -0.39 is 0 Å². The predicted molar refractivity (Wildman–Crippen MR) is 93.9 cm³/mol. The van der Waals surface area contributed by atoms with Crippen LogP contribution in [0.1, 0.15) is 62.8 Å². The van der Waals surface area contributed by atoms with E-state index in [0.29, 0.717) is 18.1 Å². The highest BCUT2D eigenvalue weighted by atomic mass is 16.5. The first-order valence-electron chi connectivity index (χ1n) is 9.55. The van der Waals surface area contributed by atoms with E-state index in [1.165, 1.54) is 70.0 Å². The molecule has 3 fully saturated rings. The maximum Gasteiger partial charge on any atom is 0.123 e. The molecular formula is C20H30N2O. The number of hydrogen-bond donors (Lipinski definition) is 1. The second-order valence-electron chi connectivity index (χ2n) is 7.73. The average Bonchev–Trinajstić information content (AvgIpc) is 3.40. The molecule has 0 atom stereocenters. The van der Waals surface area contributed by atoms with E-state index in [0.717, 1.165) is 11.8 Å². The molecule has 4 rings (SSSR count). The molecule has 1 saturated heterocycles. The van der Waals surface area contributed by atoms with E-state index >= 15 is 0 Å². The lowest BCUT2D eigenvalue weighted by atomic mass is 9.85. The van der Waals surface area contributed by atoms with E-state index in [4.69, 9.17) is 10.5 Å². The van der Waals surface area contributed by atoms with Crippen molar-refractivity contribution in [2.24, 2.45) is 5.73 Å². The minimum absolute atomic E-state index is 0.454. The van der Waals surface area contributed by atoms with Crippen LogP contribution in [0.5, 0.6) is 5.75 Å². The van der Waals surface area contributed by atoms with Crippen molar-refractivity contribution in [1.82, 2.24) is 4.90 Å². The number of para-hydroxylation sites is 1. The zero-order valence-corrected chi connectivity index (χ0v) is 14.1. The zero-order chi connectivity index (χ0) is 15.6. The number of likely N-dealkylation sites (tertiary alicyclic amines) is 1. The fraction of sp³-hybridized carbons (Fsp3) is 0.700. The van der Waals surface area contributed by atoms with Gasteiger partial charge in [0.1, 0.15) is 5.75 Å². The Bertz CT molecular complexity index is 512. The fourth-order valence-corrected chi connectivity index (χ4v) is 4.33. The zero-order valence-electron chi connectivity index (χ0n) is 14.1. The van der Waals surface area contributed by atoms with Gasteiger partial charge in [-0.3, -0.25) is 0 Å². The van der Waals surface area contributed by atoms with Gasteiger partial charge in [-0.05, 0) is 82.0 Å². The molecule has 126 valence electrons. The highest BCUT2D eigenvalue weighted by Crippen LogP contribution is 2.38. The van der Waals surface area contributed by atoms with Crippen LogP contribution in [0.25, 0.3) is 0 Å². The van der Waals surface area contributed by atoms with Crippen LogP contribution in [0.15, 0.2) is 24.3 Å². The quantitative estimate of drug-likeness (QED) is 0.921. The summed E-state index contributed by atoms with van der Waals surface area (Å²) in [6, 6.07) is 9.98. The Hall–Kier alpha value is -1.06. The summed E-state index contributed by atoms with van der Waals surface area (Å²) in [5.74, 6) is 1.82. The molecule has 0 unspecified atom stereocenters. The normalized spacial score (nSPS) is 30.3. The van der Waals surface area contributed by atoms with Crippen LogP contribution in [0.2, 0.25) is 0 Å². The molecule has 1 aliphatic heterocycles. The molecule has 3 aliphatic rings. The van der Waals surface area contributed by atoms with Crippen molar-refractivity contribution < 1.29 is 4.74 Å². The highest BCUT2D eigenvalue weighted by molar-refractivity contribution is 5.37. The largest absolute Gasteiger partial charge is 0.490 e. The third-order valence-electron chi connectivity index (χ3n) is 5.96. The molecule has 3 nitrogen and oxygen atoms in total. The summed E-state index contributed by atoms with van der Waals surface area (Å²) in [7, 11) is 0. The number of nitrogens with zero attached hydrogens (tertiary/aromatic N) is 1. The molecule has 23 heavy (non-hydrogen) atoms. The summed E-state index contributed by atoms with van der Waals surface area (Å²) in [6.07, 6.45) is 10.5. The van der Waals surface area contributed by atoms with Gasteiger partial charge in [0.2, 0.25) is 0 Å². The lowest BCUT2D eigenvalue weighted by Crippen LogP contribution is -2.44. The fourth-order valence-electron chi connectivity index (χ4n) is 4.33. The average molecular weight is 314 g/mol. The molecule has 2 saturated carbocycles. The van der Waals surface area contributed by atoms with Crippen molar-refractivity contribution >= 4 is 0 Å². The third kappa shape index (κ3) is 3.72. The SMILES string of the molecule is NC1CCC(N2CCC(c3ccccc3OC3CC3)CC2)CC1. The van der Waals surface area contributed by atoms with Crippen LogP contribution in [-0.2, 0) is 0 Å². The Kier molecular flexibility index (Phi) is 4.59. The van der Waals surface area contributed by atoms with E-state index in [-0.39, 0.29) is 0 Å². The second kappa shape index (κ2) is 6.82. The van der Waals surface area contributed by atoms with Gasteiger partial charge >= 0.3 is 0 Å². The summed E-state index contributed by atoms with van der Waals surface area (Å²) in [5, 5.41) is 0. The minimum atomic E-state index is 0.454. The molecule has 2 aliphatic carbocycles. The van der Waals surface area contributed by atoms with Gasteiger partial charge in [-0.2, -0.15) is 0 Å². The summed E-state index contributed by atoms with van der Waals surface area (Å²) in [5.41, 5.74) is 7.50. The van der Waals surface area contributed by atoms with Crippen LogP contribution >= 0.6 is 0 Å². The van der Waals surface area contributed by atoms with Crippen LogP contribution in [0.4, 0.5) is 0 Å². The predicted octanol–water partition coefficient (Wildman–Crippen LogP) is 3.68. The van der Waals surface area contributed by atoms with E-state index in [2.05, 4.69) is 29.2 Å². The Labute approximate surface area is 140 Å². The number of rotatable bonds is 4. The van der Waals surface area contributed by atoms with Gasteiger partial charge in [-0.25, -0.2) is 0 Å². The number of hydrogen-bond acceptors (Lipinski definition) is 3. The maximum atomic E-state index is 6.14. The summed E-state index contributed by atoms with van der Waals surface area (Å²) < 4.78 is 6.14. The van der Waals surface area contributed by atoms with Crippen molar-refractivity contribution in [3.63, 3.8) is 0 Å². The van der Waals surface area contributed by atoms with Crippen molar-refractivity contribution in [1.29, 1.82) is 0 Å². The monoisotopic (exact) mass is 314 g/mol. The first-order valence-corrected chi connectivity index (χ1v) is 9.55. The number of nitrogens with two attached hydrogens (primary N) is 1. The molecule has 3 heteroatoms. The van der Waals surface area contributed by atoms with Crippen LogP contribution < -0.4 is 10.5 Å². The number of piperidine rings is 1. The van der Waals surface area contributed by atoms with E-state index in [9.17, 15) is 0 Å². The van der Waals surface area contributed by atoms with Gasteiger partial charge in [-0.1, -0.05) is 18.2 Å². The van der Waals surface area contributed by atoms with Gasteiger partial charge in [0.15, 0.2) is 0 Å². The minimum Gasteiger partial charge on any atom is -0.490 e.